The number of likely N-dealkylation sites (tertiary alicyclic amines) is 1. The van der Waals surface area contributed by atoms with Crippen LogP contribution >= 0.6 is 0 Å². The van der Waals surface area contributed by atoms with Gasteiger partial charge in [-0.15, -0.1) is 0 Å². The number of esters is 1. The van der Waals surface area contributed by atoms with E-state index in [0.29, 0.717) is 25.6 Å². The zero-order valence-electron chi connectivity index (χ0n) is 17.6. The number of hydrogen-bond acceptors (Lipinski definition) is 4. The molecule has 0 radical (unpaired) electrons. The SMILES string of the molecule is CC.CC.CCOC(=O)C1(C2CCN(C(=O)OC(C)(C)C)CC2)CC1. The van der Waals surface area contributed by atoms with Crippen LogP contribution in [0.15, 0.2) is 0 Å². The highest BCUT2D eigenvalue weighted by molar-refractivity contribution is 5.80. The van der Waals surface area contributed by atoms with E-state index in [9.17, 15) is 9.59 Å². The second-order valence-electron chi connectivity index (χ2n) is 7.12. The van der Waals surface area contributed by atoms with E-state index in [-0.39, 0.29) is 17.5 Å². The van der Waals surface area contributed by atoms with Gasteiger partial charge in [0, 0.05) is 13.1 Å². The van der Waals surface area contributed by atoms with Gasteiger partial charge in [-0.1, -0.05) is 27.7 Å². The van der Waals surface area contributed by atoms with Crippen LogP contribution in [0.4, 0.5) is 4.79 Å². The highest BCUT2D eigenvalue weighted by Gasteiger charge is 2.57. The summed E-state index contributed by atoms with van der Waals surface area (Å²) in [6.45, 7) is 17.2. The topological polar surface area (TPSA) is 55.8 Å². The largest absolute Gasteiger partial charge is 0.466 e. The van der Waals surface area contributed by atoms with Crippen molar-refractivity contribution in [1.29, 1.82) is 0 Å². The quantitative estimate of drug-likeness (QED) is 0.665. The molecule has 5 heteroatoms. The van der Waals surface area contributed by atoms with Crippen molar-refractivity contribution in [3.05, 3.63) is 0 Å². The Hall–Kier alpha value is -1.26. The maximum Gasteiger partial charge on any atom is 0.410 e. The van der Waals surface area contributed by atoms with Crippen LogP contribution in [0.2, 0.25) is 0 Å². The summed E-state index contributed by atoms with van der Waals surface area (Å²) in [5.74, 6) is 0.302. The molecule has 1 aliphatic carbocycles. The third-order valence-electron chi connectivity index (χ3n) is 4.40. The number of carbonyl (C=O) groups is 2. The molecular formula is C20H39NO4. The van der Waals surface area contributed by atoms with Crippen LogP contribution in [0.25, 0.3) is 0 Å². The van der Waals surface area contributed by atoms with Crippen molar-refractivity contribution in [3.63, 3.8) is 0 Å². The van der Waals surface area contributed by atoms with E-state index in [0.717, 1.165) is 25.7 Å². The predicted octanol–water partition coefficient (Wildman–Crippen LogP) is 5.03. The molecule has 0 spiro atoms. The minimum atomic E-state index is -0.462. The van der Waals surface area contributed by atoms with Gasteiger partial charge in [-0.05, 0) is 59.3 Å². The molecule has 5 nitrogen and oxygen atoms in total. The minimum Gasteiger partial charge on any atom is -0.466 e. The van der Waals surface area contributed by atoms with Gasteiger partial charge in [-0.2, -0.15) is 0 Å². The lowest BCUT2D eigenvalue weighted by Gasteiger charge is -2.36. The number of nitrogens with zero attached hydrogens (tertiary/aromatic N) is 1. The van der Waals surface area contributed by atoms with Crippen molar-refractivity contribution in [2.75, 3.05) is 19.7 Å². The second kappa shape index (κ2) is 10.7. The molecule has 2 aliphatic rings. The van der Waals surface area contributed by atoms with E-state index in [1.165, 1.54) is 0 Å². The molecule has 1 aliphatic heterocycles. The van der Waals surface area contributed by atoms with E-state index in [4.69, 9.17) is 9.47 Å². The molecular weight excluding hydrogens is 318 g/mol. The molecule has 1 amide bonds. The Morgan fingerprint density at radius 3 is 1.88 bits per heavy atom. The minimum absolute atomic E-state index is 0.0410. The fourth-order valence-corrected chi connectivity index (χ4v) is 3.13. The molecule has 2 rings (SSSR count). The monoisotopic (exact) mass is 357 g/mol. The average Bonchev–Trinajstić information content (AvgIpc) is 3.39. The standard InChI is InChI=1S/C16H27NO4.2C2H6/c1-5-20-13(18)16(8-9-16)12-6-10-17(11-7-12)14(19)21-15(2,3)4;2*1-2/h12H,5-11H2,1-4H3;2*1-2H3. The first kappa shape index (κ1) is 23.7. The van der Waals surface area contributed by atoms with Gasteiger partial charge in [0.15, 0.2) is 0 Å². The maximum absolute atomic E-state index is 12.1. The van der Waals surface area contributed by atoms with Gasteiger partial charge in [0.2, 0.25) is 0 Å². The molecule has 0 bridgehead atoms. The normalized spacial score (nSPS) is 18.8. The summed E-state index contributed by atoms with van der Waals surface area (Å²) in [5, 5.41) is 0. The summed E-state index contributed by atoms with van der Waals surface area (Å²) in [6.07, 6.45) is 3.34. The van der Waals surface area contributed by atoms with E-state index in [1.54, 1.807) is 4.90 Å². The molecule has 2 fully saturated rings. The fraction of sp³-hybridized carbons (Fsp3) is 0.900. The smallest absolute Gasteiger partial charge is 0.410 e. The summed E-state index contributed by atoms with van der Waals surface area (Å²) in [5.41, 5.74) is -0.716. The number of hydrogen-bond donors (Lipinski definition) is 0. The van der Waals surface area contributed by atoms with Crippen LogP contribution in [-0.2, 0) is 14.3 Å². The molecule has 25 heavy (non-hydrogen) atoms. The van der Waals surface area contributed by atoms with Crippen LogP contribution < -0.4 is 0 Å². The lowest BCUT2D eigenvalue weighted by molar-refractivity contribution is -0.152. The number of ether oxygens (including phenoxy) is 2. The highest BCUT2D eigenvalue weighted by Crippen LogP contribution is 2.56. The van der Waals surface area contributed by atoms with Crippen molar-refractivity contribution >= 4 is 12.1 Å². The van der Waals surface area contributed by atoms with Crippen molar-refractivity contribution in [2.24, 2.45) is 11.3 Å². The second-order valence-corrected chi connectivity index (χ2v) is 7.12. The molecule has 1 saturated heterocycles. The van der Waals surface area contributed by atoms with Gasteiger partial charge in [0.25, 0.3) is 0 Å². The molecule has 0 aromatic heterocycles. The van der Waals surface area contributed by atoms with Crippen molar-refractivity contribution in [1.82, 2.24) is 4.90 Å². The van der Waals surface area contributed by atoms with Crippen LogP contribution in [-0.4, -0.2) is 42.3 Å². The summed E-state index contributed by atoms with van der Waals surface area (Å²) in [4.78, 5) is 25.9. The average molecular weight is 358 g/mol. The number of carbonyl (C=O) groups excluding carboxylic acids is 2. The zero-order chi connectivity index (χ0) is 19.7. The van der Waals surface area contributed by atoms with E-state index in [2.05, 4.69) is 0 Å². The number of amides is 1. The van der Waals surface area contributed by atoms with Gasteiger partial charge in [-0.25, -0.2) is 4.79 Å². The predicted molar refractivity (Wildman–Crippen MR) is 102 cm³/mol. The zero-order valence-corrected chi connectivity index (χ0v) is 17.6. The fourth-order valence-electron chi connectivity index (χ4n) is 3.13. The molecule has 148 valence electrons. The van der Waals surface area contributed by atoms with E-state index in [1.807, 2.05) is 55.4 Å². The van der Waals surface area contributed by atoms with Crippen molar-refractivity contribution in [3.8, 4) is 0 Å². The molecule has 0 aromatic rings. The Balaban J connectivity index is 0.00000134. The lowest BCUT2D eigenvalue weighted by Crippen LogP contribution is -2.44. The van der Waals surface area contributed by atoms with Crippen LogP contribution in [0, 0.1) is 11.3 Å². The van der Waals surface area contributed by atoms with Gasteiger partial charge >= 0.3 is 12.1 Å². The highest BCUT2D eigenvalue weighted by atomic mass is 16.6. The van der Waals surface area contributed by atoms with Crippen LogP contribution in [0.1, 0.15) is 81.1 Å². The summed E-state index contributed by atoms with van der Waals surface area (Å²) in [6, 6.07) is 0. The lowest BCUT2D eigenvalue weighted by atomic mass is 9.81. The summed E-state index contributed by atoms with van der Waals surface area (Å²) >= 11 is 0. The molecule has 0 aromatic carbocycles. The third kappa shape index (κ3) is 6.87. The molecule has 0 N–H and O–H groups in total. The molecule has 0 unspecified atom stereocenters. The first-order chi connectivity index (χ1) is 11.8. The Labute approximate surface area is 154 Å². The van der Waals surface area contributed by atoms with Crippen LogP contribution in [0.3, 0.4) is 0 Å². The first-order valence-electron chi connectivity index (χ1n) is 9.93. The number of rotatable bonds is 3. The van der Waals surface area contributed by atoms with E-state index >= 15 is 0 Å². The van der Waals surface area contributed by atoms with E-state index < -0.39 is 5.60 Å². The Bertz CT molecular complexity index is 402. The van der Waals surface area contributed by atoms with Gasteiger partial charge < -0.3 is 14.4 Å². The maximum atomic E-state index is 12.1. The van der Waals surface area contributed by atoms with Crippen LogP contribution in [0.5, 0.6) is 0 Å². The summed E-state index contributed by atoms with van der Waals surface area (Å²) in [7, 11) is 0. The Kier molecular flexibility index (Phi) is 10.1. The van der Waals surface area contributed by atoms with Crippen molar-refractivity contribution in [2.45, 2.75) is 86.7 Å². The summed E-state index contributed by atoms with van der Waals surface area (Å²) < 4.78 is 10.6. The first-order valence-corrected chi connectivity index (χ1v) is 9.93. The van der Waals surface area contributed by atoms with Gasteiger partial charge in [0.1, 0.15) is 5.60 Å². The molecule has 1 saturated carbocycles. The Morgan fingerprint density at radius 1 is 1.04 bits per heavy atom. The third-order valence-corrected chi connectivity index (χ3v) is 4.40. The van der Waals surface area contributed by atoms with Gasteiger partial charge in [0.05, 0.1) is 12.0 Å². The number of piperidine rings is 1. The van der Waals surface area contributed by atoms with Gasteiger partial charge in [-0.3, -0.25) is 4.79 Å². The molecule has 1 heterocycles. The Morgan fingerprint density at radius 2 is 1.52 bits per heavy atom. The van der Waals surface area contributed by atoms with Crippen molar-refractivity contribution < 1.29 is 19.1 Å². The molecule has 0 atom stereocenters.